The van der Waals surface area contributed by atoms with Crippen molar-refractivity contribution in [2.45, 2.75) is 46.0 Å². The maximum absolute atomic E-state index is 11.3. The molecule has 0 aromatic rings. The molecule has 0 radical (unpaired) electrons. The van der Waals surface area contributed by atoms with Gasteiger partial charge in [-0.2, -0.15) is 0 Å². The predicted octanol–water partition coefficient (Wildman–Crippen LogP) is -0.296. The Hall–Kier alpha value is -0.580. The highest BCUT2D eigenvalue weighted by molar-refractivity contribution is 5.91. The third kappa shape index (κ3) is 14.1. The van der Waals surface area contributed by atoms with Crippen molar-refractivity contribution >= 4 is 5.91 Å². The second-order valence-corrected chi connectivity index (χ2v) is 6.15. The molecule has 0 bridgehead atoms. The highest BCUT2D eigenvalue weighted by atomic mass is 35.5. The van der Waals surface area contributed by atoms with Crippen molar-refractivity contribution < 1.29 is 26.4 Å². The maximum Gasteiger partial charge on any atom is 0.246 e. The Morgan fingerprint density at radius 2 is 1.86 bits per heavy atom. The van der Waals surface area contributed by atoms with Crippen LogP contribution in [0, 0.1) is 0 Å². The van der Waals surface area contributed by atoms with Gasteiger partial charge in [0.25, 0.3) is 0 Å². The van der Waals surface area contributed by atoms with Gasteiger partial charge in [0.2, 0.25) is 5.91 Å². The van der Waals surface area contributed by atoms with E-state index in [4.69, 9.17) is 4.74 Å². The topological polar surface area (TPSA) is 38.3 Å². The summed E-state index contributed by atoms with van der Waals surface area (Å²) in [6.45, 7) is 10.8. The third-order valence-corrected chi connectivity index (χ3v) is 3.20. The largest absolute Gasteiger partial charge is 1.00 e. The van der Waals surface area contributed by atoms with Gasteiger partial charge in [-0.1, -0.05) is 32.8 Å². The molecule has 0 spiro atoms. The fourth-order valence-electron chi connectivity index (χ4n) is 1.87. The average molecular weight is 321 g/mol. The van der Waals surface area contributed by atoms with Crippen molar-refractivity contribution in [1.29, 1.82) is 0 Å². The van der Waals surface area contributed by atoms with Crippen LogP contribution in [0.2, 0.25) is 0 Å². The van der Waals surface area contributed by atoms with E-state index < -0.39 is 0 Å². The van der Waals surface area contributed by atoms with E-state index in [2.05, 4.69) is 32.9 Å². The number of unbranched alkanes of at least 4 members (excludes halogenated alkanes) is 3. The Balaban J connectivity index is 0. The Kier molecular flexibility index (Phi) is 14.2. The highest BCUT2D eigenvalue weighted by Gasteiger charge is 2.14. The molecule has 0 saturated carbocycles. The van der Waals surface area contributed by atoms with Gasteiger partial charge in [-0.3, -0.25) is 4.79 Å². The normalized spacial score (nSPS) is 10.9. The molecule has 126 valence electrons. The summed E-state index contributed by atoms with van der Waals surface area (Å²) in [7, 11) is 4.32. The molecule has 5 heteroatoms. The maximum atomic E-state index is 11.3. The van der Waals surface area contributed by atoms with Crippen LogP contribution in [-0.2, 0) is 9.53 Å². The summed E-state index contributed by atoms with van der Waals surface area (Å²) >= 11 is 0. The molecule has 4 nitrogen and oxygen atoms in total. The molecule has 1 N–H and O–H groups in total. The van der Waals surface area contributed by atoms with E-state index in [1.54, 1.807) is 6.92 Å². The summed E-state index contributed by atoms with van der Waals surface area (Å²) in [5.41, 5.74) is 0.564. The Morgan fingerprint density at radius 3 is 2.43 bits per heavy atom. The fraction of sp³-hybridized carbons (Fsp3) is 0.812. The zero-order valence-electron chi connectivity index (χ0n) is 14.2. The number of carbonyl (C=O) groups is 1. The van der Waals surface area contributed by atoms with Crippen LogP contribution < -0.4 is 17.7 Å². The number of halogens is 1. The van der Waals surface area contributed by atoms with Crippen molar-refractivity contribution in [1.82, 2.24) is 5.32 Å². The lowest BCUT2D eigenvalue weighted by Crippen LogP contribution is -3.00. The van der Waals surface area contributed by atoms with Gasteiger partial charge in [0.1, 0.15) is 0 Å². The molecule has 0 saturated heterocycles. The van der Waals surface area contributed by atoms with E-state index in [-0.39, 0.29) is 18.3 Å². The first-order valence-corrected chi connectivity index (χ1v) is 7.72. The SMILES string of the molecule is C=C(C)C(=O)NCCC[N+](C)(C)COCCCCCC.[Cl-]. The van der Waals surface area contributed by atoms with Gasteiger partial charge in [0.05, 0.1) is 27.2 Å². The van der Waals surface area contributed by atoms with Gasteiger partial charge < -0.3 is 26.9 Å². The minimum atomic E-state index is -0.0533. The zero-order valence-corrected chi connectivity index (χ0v) is 15.0. The molecule has 0 fully saturated rings. The number of hydrogen-bond acceptors (Lipinski definition) is 2. The van der Waals surface area contributed by atoms with Crippen molar-refractivity contribution in [3.8, 4) is 0 Å². The third-order valence-electron chi connectivity index (χ3n) is 3.20. The first-order valence-electron chi connectivity index (χ1n) is 7.72. The van der Waals surface area contributed by atoms with Crippen LogP contribution in [0.5, 0.6) is 0 Å². The van der Waals surface area contributed by atoms with E-state index in [1.165, 1.54) is 19.3 Å². The van der Waals surface area contributed by atoms with E-state index in [0.717, 1.165) is 37.2 Å². The number of rotatable bonds is 12. The lowest BCUT2D eigenvalue weighted by molar-refractivity contribution is -0.909. The smallest absolute Gasteiger partial charge is 0.246 e. The lowest BCUT2D eigenvalue weighted by Gasteiger charge is -2.29. The molecule has 0 atom stereocenters. The average Bonchev–Trinajstić information content (AvgIpc) is 2.38. The summed E-state index contributed by atoms with van der Waals surface area (Å²) < 4.78 is 6.56. The molecule has 0 heterocycles. The number of quaternary nitrogens is 1. The predicted molar refractivity (Wildman–Crippen MR) is 84.4 cm³/mol. The monoisotopic (exact) mass is 320 g/mol. The number of hydrogen-bond donors (Lipinski definition) is 1. The standard InChI is InChI=1S/C16H32N2O2.ClH/c1-6-7-8-9-13-20-14-18(4,5)12-10-11-17-16(19)15(2)3;/h2,6-14H2,1,3-5H3;1H. The van der Waals surface area contributed by atoms with Crippen LogP contribution in [0.15, 0.2) is 12.2 Å². The molecular weight excluding hydrogens is 288 g/mol. The number of amides is 1. The summed E-state index contributed by atoms with van der Waals surface area (Å²) in [6.07, 6.45) is 5.92. The van der Waals surface area contributed by atoms with E-state index in [0.29, 0.717) is 12.1 Å². The molecule has 0 aromatic heterocycles. The molecular formula is C16H33ClN2O2. The summed E-state index contributed by atoms with van der Waals surface area (Å²) in [5, 5.41) is 2.86. The fourth-order valence-corrected chi connectivity index (χ4v) is 1.87. The number of carbonyl (C=O) groups excluding carboxylic acids is 1. The van der Waals surface area contributed by atoms with Crippen LogP contribution in [0.4, 0.5) is 0 Å². The molecule has 0 aromatic carbocycles. The first-order chi connectivity index (χ1) is 9.39. The summed E-state index contributed by atoms with van der Waals surface area (Å²) in [6, 6.07) is 0. The van der Waals surface area contributed by atoms with Crippen molar-refractivity contribution in [3.63, 3.8) is 0 Å². The van der Waals surface area contributed by atoms with Gasteiger partial charge in [0.15, 0.2) is 6.73 Å². The number of nitrogens with one attached hydrogen (secondary N) is 1. The second-order valence-electron chi connectivity index (χ2n) is 6.15. The second kappa shape index (κ2) is 13.1. The van der Waals surface area contributed by atoms with Crippen LogP contribution in [0.25, 0.3) is 0 Å². The van der Waals surface area contributed by atoms with Crippen molar-refractivity contribution in [2.75, 3.05) is 40.5 Å². The van der Waals surface area contributed by atoms with Gasteiger partial charge in [-0.25, -0.2) is 0 Å². The molecule has 1 amide bonds. The molecule has 0 aliphatic carbocycles. The van der Waals surface area contributed by atoms with Crippen molar-refractivity contribution in [2.24, 2.45) is 0 Å². The number of ether oxygens (including phenoxy) is 1. The Labute approximate surface area is 136 Å². The summed E-state index contributed by atoms with van der Waals surface area (Å²) in [5.74, 6) is -0.0533. The molecule has 0 unspecified atom stereocenters. The van der Waals surface area contributed by atoms with Crippen molar-refractivity contribution in [3.05, 3.63) is 12.2 Å². The Morgan fingerprint density at radius 1 is 1.19 bits per heavy atom. The number of nitrogens with zero attached hydrogens (tertiary/aromatic N) is 1. The molecule has 0 aliphatic rings. The van der Waals surface area contributed by atoms with E-state index in [1.807, 2.05) is 0 Å². The quantitative estimate of drug-likeness (QED) is 0.232. The van der Waals surface area contributed by atoms with Crippen LogP contribution in [-0.4, -0.2) is 50.9 Å². The summed E-state index contributed by atoms with van der Waals surface area (Å²) in [4.78, 5) is 11.3. The minimum absolute atomic E-state index is 0. The molecule has 0 rings (SSSR count). The first kappa shape index (κ1) is 22.7. The zero-order chi connectivity index (χ0) is 15.4. The molecule has 21 heavy (non-hydrogen) atoms. The highest BCUT2D eigenvalue weighted by Crippen LogP contribution is 2.03. The van der Waals surface area contributed by atoms with Gasteiger partial charge in [-0.15, -0.1) is 0 Å². The van der Waals surface area contributed by atoms with Crippen LogP contribution in [0.3, 0.4) is 0 Å². The van der Waals surface area contributed by atoms with Gasteiger partial charge in [-0.05, 0) is 13.3 Å². The van der Waals surface area contributed by atoms with Gasteiger partial charge >= 0.3 is 0 Å². The Bertz CT molecular complexity index is 294. The molecule has 0 aliphatic heterocycles. The van der Waals surface area contributed by atoms with E-state index in [9.17, 15) is 4.79 Å². The van der Waals surface area contributed by atoms with Crippen LogP contribution in [0.1, 0.15) is 46.0 Å². The lowest BCUT2D eigenvalue weighted by atomic mass is 10.2. The van der Waals surface area contributed by atoms with Crippen LogP contribution >= 0.6 is 0 Å². The van der Waals surface area contributed by atoms with E-state index >= 15 is 0 Å². The van der Waals surface area contributed by atoms with Gasteiger partial charge in [0, 0.05) is 18.5 Å². The minimum Gasteiger partial charge on any atom is -1.00 e.